The van der Waals surface area contributed by atoms with Gasteiger partial charge in [-0.25, -0.2) is 10.5 Å². The van der Waals surface area contributed by atoms with Gasteiger partial charge in [0.05, 0.1) is 12.7 Å². The topological polar surface area (TPSA) is 73.3 Å². The summed E-state index contributed by atoms with van der Waals surface area (Å²) in [7, 11) is 1.25. The molecule has 0 fully saturated rings. The van der Waals surface area contributed by atoms with Crippen molar-refractivity contribution in [2.45, 2.75) is 6.18 Å². The zero-order chi connectivity index (χ0) is 16.2. The van der Waals surface area contributed by atoms with Gasteiger partial charge in [-0.3, -0.25) is 9.63 Å². The van der Waals surface area contributed by atoms with E-state index in [1.807, 2.05) is 0 Å². The van der Waals surface area contributed by atoms with Crippen molar-refractivity contribution < 1.29 is 27.5 Å². The molecule has 9 heteroatoms. The molecule has 6 nitrogen and oxygen atoms in total. The van der Waals surface area contributed by atoms with Crippen molar-refractivity contribution in [2.24, 2.45) is 0 Å². The fourth-order valence-corrected chi connectivity index (χ4v) is 1.54. The summed E-state index contributed by atoms with van der Waals surface area (Å²) in [4.78, 5) is 22.6. The number of alkyl halides is 3. The SMILES string of the molecule is CONC(=O)c1ccccc1Oc1ccnc(C(F)(F)F)n1. The third-order valence-electron chi connectivity index (χ3n) is 2.42. The van der Waals surface area contributed by atoms with Crippen molar-refractivity contribution >= 4 is 5.91 Å². The Labute approximate surface area is 122 Å². The molecule has 1 amide bonds. The monoisotopic (exact) mass is 313 g/mol. The Hall–Kier alpha value is -2.68. The Morgan fingerprint density at radius 2 is 1.95 bits per heavy atom. The lowest BCUT2D eigenvalue weighted by molar-refractivity contribution is -0.145. The highest BCUT2D eigenvalue weighted by Crippen LogP contribution is 2.29. The van der Waals surface area contributed by atoms with Crippen LogP contribution in [0.25, 0.3) is 0 Å². The number of nitrogens with zero attached hydrogens (tertiary/aromatic N) is 2. The molecule has 2 rings (SSSR count). The van der Waals surface area contributed by atoms with Gasteiger partial charge in [0.15, 0.2) is 0 Å². The molecule has 116 valence electrons. The number of nitrogens with one attached hydrogen (secondary N) is 1. The van der Waals surface area contributed by atoms with E-state index in [1.54, 1.807) is 12.1 Å². The third kappa shape index (κ3) is 3.70. The van der Waals surface area contributed by atoms with Gasteiger partial charge in [-0.1, -0.05) is 12.1 Å². The second kappa shape index (κ2) is 6.39. The minimum atomic E-state index is -4.69. The van der Waals surface area contributed by atoms with Crippen molar-refractivity contribution in [1.29, 1.82) is 0 Å². The fraction of sp³-hybridized carbons (Fsp3) is 0.154. The van der Waals surface area contributed by atoms with Gasteiger partial charge < -0.3 is 4.74 Å². The van der Waals surface area contributed by atoms with Crippen LogP contribution in [0.15, 0.2) is 36.5 Å². The first-order valence-corrected chi connectivity index (χ1v) is 5.92. The second-order valence-electron chi connectivity index (χ2n) is 3.95. The van der Waals surface area contributed by atoms with E-state index in [9.17, 15) is 18.0 Å². The van der Waals surface area contributed by atoms with Crippen molar-refractivity contribution in [1.82, 2.24) is 15.4 Å². The maximum atomic E-state index is 12.6. The summed E-state index contributed by atoms with van der Waals surface area (Å²) in [6.45, 7) is 0. The van der Waals surface area contributed by atoms with E-state index in [2.05, 4.69) is 20.3 Å². The lowest BCUT2D eigenvalue weighted by Crippen LogP contribution is -2.22. The van der Waals surface area contributed by atoms with Crippen LogP contribution in [0.3, 0.4) is 0 Å². The number of rotatable bonds is 4. The molecular weight excluding hydrogens is 303 g/mol. The number of aromatic nitrogens is 2. The van der Waals surface area contributed by atoms with Crippen LogP contribution in [0.1, 0.15) is 16.2 Å². The van der Waals surface area contributed by atoms with Gasteiger partial charge in [-0.05, 0) is 12.1 Å². The summed E-state index contributed by atoms with van der Waals surface area (Å²) >= 11 is 0. The number of hydroxylamine groups is 1. The first kappa shape index (κ1) is 15.7. The Morgan fingerprint density at radius 3 is 2.64 bits per heavy atom. The zero-order valence-corrected chi connectivity index (χ0v) is 11.2. The number of hydrogen-bond acceptors (Lipinski definition) is 5. The summed E-state index contributed by atoms with van der Waals surface area (Å²) in [6.07, 6.45) is -3.77. The fourth-order valence-electron chi connectivity index (χ4n) is 1.54. The largest absolute Gasteiger partial charge is 0.451 e. The molecule has 0 aliphatic rings. The highest BCUT2D eigenvalue weighted by molar-refractivity contribution is 5.96. The highest BCUT2D eigenvalue weighted by Gasteiger charge is 2.35. The van der Waals surface area contributed by atoms with Crippen molar-refractivity contribution in [3.05, 3.63) is 47.9 Å². The first-order chi connectivity index (χ1) is 10.4. The van der Waals surface area contributed by atoms with E-state index < -0.39 is 17.9 Å². The molecule has 0 saturated carbocycles. The predicted molar refractivity (Wildman–Crippen MR) is 68.0 cm³/mol. The highest BCUT2D eigenvalue weighted by atomic mass is 19.4. The number of benzene rings is 1. The maximum absolute atomic E-state index is 12.6. The standard InChI is InChI=1S/C13H10F3N3O3/c1-21-19-11(20)8-4-2-3-5-9(8)22-10-6-7-17-12(18-10)13(14,15)16/h2-7H,1H3,(H,19,20). The van der Waals surface area contributed by atoms with Gasteiger partial charge in [0, 0.05) is 12.3 Å². The molecule has 2 aromatic rings. The van der Waals surface area contributed by atoms with E-state index in [1.165, 1.54) is 19.2 Å². The Morgan fingerprint density at radius 1 is 1.23 bits per heavy atom. The summed E-state index contributed by atoms with van der Waals surface area (Å²) in [6, 6.07) is 7.12. The quantitative estimate of drug-likeness (QED) is 0.878. The molecule has 0 spiro atoms. The minimum absolute atomic E-state index is 0.0314. The molecule has 0 aliphatic carbocycles. The molecule has 1 aromatic carbocycles. The molecule has 0 bridgehead atoms. The molecule has 0 unspecified atom stereocenters. The summed E-state index contributed by atoms with van der Waals surface area (Å²) in [5.74, 6) is -2.24. The van der Waals surface area contributed by atoms with Gasteiger partial charge in [-0.15, -0.1) is 0 Å². The predicted octanol–water partition coefficient (Wildman–Crippen LogP) is 2.58. The normalized spacial score (nSPS) is 11.1. The van der Waals surface area contributed by atoms with Gasteiger partial charge >= 0.3 is 6.18 Å². The van der Waals surface area contributed by atoms with Crippen LogP contribution in [0.5, 0.6) is 11.6 Å². The molecular formula is C13H10F3N3O3. The van der Waals surface area contributed by atoms with Crippen molar-refractivity contribution in [2.75, 3.05) is 7.11 Å². The number of hydrogen-bond donors (Lipinski definition) is 1. The van der Waals surface area contributed by atoms with Gasteiger partial charge in [0.2, 0.25) is 11.7 Å². The summed E-state index contributed by atoms with van der Waals surface area (Å²) in [5, 5.41) is 0. The Balaban J connectivity index is 2.30. The Kier molecular flexibility index (Phi) is 4.56. The average molecular weight is 313 g/mol. The molecule has 0 radical (unpaired) electrons. The number of halogens is 3. The number of amides is 1. The van der Waals surface area contributed by atoms with E-state index >= 15 is 0 Å². The van der Waals surface area contributed by atoms with Crippen LogP contribution in [-0.2, 0) is 11.0 Å². The third-order valence-corrected chi connectivity index (χ3v) is 2.42. The average Bonchev–Trinajstić information content (AvgIpc) is 2.47. The van der Waals surface area contributed by atoms with Crippen LogP contribution >= 0.6 is 0 Å². The van der Waals surface area contributed by atoms with Crippen LogP contribution in [0.2, 0.25) is 0 Å². The minimum Gasteiger partial charge on any atom is -0.438 e. The van der Waals surface area contributed by atoms with Crippen LogP contribution in [0.4, 0.5) is 13.2 Å². The number of carbonyl (C=O) groups excluding carboxylic acids is 1. The van der Waals surface area contributed by atoms with Crippen LogP contribution in [0, 0.1) is 0 Å². The number of carbonyl (C=O) groups is 1. The number of para-hydroxylation sites is 1. The molecule has 22 heavy (non-hydrogen) atoms. The molecule has 1 heterocycles. The lowest BCUT2D eigenvalue weighted by Gasteiger charge is -2.11. The molecule has 0 aliphatic heterocycles. The van der Waals surface area contributed by atoms with Gasteiger partial charge in [0.1, 0.15) is 5.75 Å². The van der Waals surface area contributed by atoms with Gasteiger partial charge in [-0.2, -0.15) is 18.2 Å². The van der Waals surface area contributed by atoms with Crippen LogP contribution < -0.4 is 10.2 Å². The Bertz CT molecular complexity index is 677. The van der Waals surface area contributed by atoms with E-state index in [0.29, 0.717) is 0 Å². The molecule has 0 atom stereocenters. The van der Waals surface area contributed by atoms with E-state index in [-0.39, 0.29) is 17.2 Å². The lowest BCUT2D eigenvalue weighted by atomic mass is 10.2. The number of ether oxygens (including phenoxy) is 1. The second-order valence-corrected chi connectivity index (χ2v) is 3.95. The van der Waals surface area contributed by atoms with Crippen molar-refractivity contribution in [3.63, 3.8) is 0 Å². The van der Waals surface area contributed by atoms with E-state index in [4.69, 9.17) is 4.74 Å². The van der Waals surface area contributed by atoms with Crippen molar-refractivity contribution in [3.8, 4) is 11.6 Å². The van der Waals surface area contributed by atoms with E-state index in [0.717, 1.165) is 12.3 Å². The summed E-state index contributed by atoms with van der Waals surface area (Å²) < 4.78 is 42.9. The first-order valence-electron chi connectivity index (χ1n) is 5.92. The molecule has 1 N–H and O–H groups in total. The summed E-state index contributed by atoms with van der Waals surface area (Å²) in [5.41, 5.74) is 2.17. The smallest absolute Gasteiger partial charge is 0.438 e. The molecule has 0 saturated heterocycles. The maximum Gasteiger partial charge on any atom is 0.451 e. The zero-order valence-electron chi connectivity index (χ0n) is 11.2. The van der Waals surface area contributed by atoms with Crippen LogP contribution in [-0.4, -0.2) is 23.0 Å². The molecule has 1 aromatic heterocycles. The van der Waals surface area contributed by atoms with Gasteiger partial charge in [0.25, 0.3) is 5.91 Å².